The molecular formula is C26H20FNO3. The number of carboxylic acid groups (broad SMARTS) is 1. The molecule has 0 saturated heterocycles. The van der Waals surface area contributed by atoms with Crippen LogP contribution >= 0.6 is 0 Å². The minimum Gasteiger partial charge on any atom is -0.496 e. The van der Waals surface area contributed by atoms with Crippen molar-refractivity contribution in [2.24, 2.45) is 0 Å². The smallest absolute Gasteiger partial charge is 0.336 e. The maximum absolute atomic E-state index is 13.9. The molecule has 0 unspecified atom stereocenters. The summed E-state index contributed by atoms with van der Waals surface area (Å²) >= 11 is 0. The van der Waals surface area contributed by atoms with Gasteiger partial charge in [-0.05, 0) is 66.3 Å². The first-order valence-corrected chi connectivity index (χ1v) is 10.2. The van der Waals surface area contributed by atoms with Crippen molar-refractivity contribution in [3.8, 4) is 28.1 Å². The maximum Gasteiger partial charge on any atom is 0.336 e. The van der Waals surface area contributed by atoms with Crippen LogP contribution in [0, 0.1) is 5.82 Å². The van der Waals surface area contributed by atoms with E-state index in [1.54, 1.807) is 7.11 Å². The highest BCUT2D eigenvalue weighted by Crippen LogP contribution is 2.41. The topological polar surface area (TPSA) is 59.4 Å². The van der Waals surface area contributed by atoms with Crippen LogP contribution in [0.2, 0.25) is 0 Å². The highest BCUT2D eigenvalue weighted by atomic mass is 19.1. The number of hydrogen-bond donors (Lipinski definition) is 1. The van der Waals surface area contributed by atoms with Gasteiger partial charge in [-0.25, -0.2) is 14.2 Å². The molecule has 5 rings (SSSR count). The van der Waals surface area contributed by atoms with E-state index in [-0.39, 0.29) is 5.56 Å². The van der Waals surface area contributed by atoms with Crippen LogP contribution in [0.4, 0.5) is 4.39 Å². The van der Waals surface area contributed by atoms with Crippen LogP contribution < -0.4 is 4.74 Å². The lowest BCUT2D eigenvalue weighted by Crippen LogP contribution is -2.07. The Balaban J connectivity index is 1.82. The number of hydrogen-bond acceptors (Lipinski definition) is 3. The van der Waals surface area contributed by atoms with Crippen LogP contribution in [0.25, 0.3) is 33.3 Å². The standard InChI is InChI=1S/C26H20FNO3/c1-31-23-14-20-16(12-19(23)15-6-3-2-4-7-15)8-5-9-18-24(26(29)30)21-13-17(27)10-11-22(21)28-25(18)20/h2-4,6-7,10-14H,5,8-9H2,1H3,(H,29,30). The quantitative estimate of drug-likeness (QED) is 0.454. The summed E-state index contributed by atoms with van der Waals surface area (Å²) in [4.78, 5) is 17.0. The van der Waals surface area contributed by atoms with Crippen molar-refractivity contribution in [1.29, 1.82) is 0 Å². The summed E-state index contributed by atoms with van der Waals surface area (Å²) in [6.07, 6.45) is 2.14. The molecule has 1 aliphatic rings. The van der Waals surface area contributed by atoms with Crippen molar-refractivity contribution in [3.63, 3.8) is 0 Å². The highest BCUT2D eigenvalue weighted by Gasteiger charge is 2.26. The molecule has 1 aliphatic carbocycles. The molecule has 3 aromatic carbocycles. The van der Waals surface area contributed by atoms with Crippen molar-refractivity contribution < 1.29 is 19.0 Å². The van der Waals surface area contributed by atoms with Gasteiger partial charge in [-0.2, -0.15) is 0 Å². The largest absolute Gasteiger partial charge is 0.496 e. The average Bonchev–Trinajstić information content (AvgIpc) is 2.95. The lowest BCUT2D eigenvalue weighted by Gasteiger charge is -2.17. The molecule has 0 atom stereocenters. The van der Waals surface area contributed by atoms with E-state index in [1.807, 2.05) is 36.4 Å². The van der Waals surface area contributed by atoms with Crippen LogP contribution in [-0.2, 0) is 12.8 Å². The van der Waals surface area contributed by atoms with Crippen molar-refractivity contribution in [3.05, 3.63) is 83.2 Å². The highest BCUT2D eigenvalue weighted by molar-refractivity contribution is 6.06. The summed E-state index contributed by atoms with van der Waals surface area (Å²) in [5, 5.41) is 10.3. The van der Waals surface area contributed by atoms with Crippen LogP contribution in [0.5, 0.6) is 5.75 Å². The van der Waals surface area contributed by atoms with E-state index in [1.165, 1.54) is 18.2 Å². The van der Waals surface area contributed by atoms with E-state index >= 15 is 0 Å². The Bertz CT molecular complexity index is 1330. The zero-order valence-corrected chi connectivity index (χ0v) is 17.0. The molecule has 0 aliphatic heterocycles. The molecule has 154 valence electrons. The van der Waals surface area contributed by atoms with Gasteiger partial charge in [0.05, 0.1) is 23.9 Å². The second-order valence-corrected chi connectivity index (χ2v) is 7.71. The summed E-state index contributed by atoms with van der Waals surface area (Å²) in [5.74, 6) is -0.832. The van der Waals surface area contributed by atoms with Gasteiger partial charge in [-0.1, -0.05) is 30.3 Å². The zero-order chi connectivity index (χ0) is 21.5. The van der Waals surface area contributed by atoms with Crippen LogP contribution in [-0.4, -0.2) is 23.2 Å². The van der Waals surface area contributed by atoms with Crippen molar-refractivity contribution in [2.45, 2.75) is 19.3 Å². The summed E-state index contributed by atoms with van der Waals surface area (Å²) < 4.78 is 19.6. The SMILES string of the molecule is COc1cc2c(cc1-c1ccccc1)CCCc1c-2nc2ccc(F)cc2c1C(=O)O. The summed E-state index contributed by atoms with van der Waals surface area (Å²) in [6.45, 7) is 0. The molecule has 5 heteroatoms. The van der Waals surface area contributed by atoms with Gasteiger partial charge < -0.3 is 9.84 Å². The van der Waals surface area contributed by atoms with Gasteiger partial charge in [0.2, 0.25) is 0 Å². The molecule has 1 aromatic heterocycles. The first kappa shape index (κ1) is 19.2. The Labute approximate surface area is 179 Å². The van der Waals surface area contributed by atoms with Gasteiger partial charge >= 0.3 is 5.97 Å². The molecular weight excluding hydrogens is 393 g/mol. The number of aromatic nitrogens is 1. The van der Waals surface area contributed by atoms with Crippen molar-refractivity contribution in [1.82, 2.24) is 4.98 Å². The normalized spacial score (nSPS) is 12.7. The second kappa shape index (κ2) is 7.51. The molecule has 0 radical (unpaired) electrons. The predicted molar refractivity (Wildman–Crippen MR) is 118 cm³/mol. The third-order valence-electron chi connectivity index (χ3n) is 5.90. The number of carbonyl (C=O) groups is 1. The molecule has 0 amide bonds. The number of aromatic carboxylic acids is 1. The van der Waals surface area contributed by atoms with Crippen LogP contribution in [0.1, 0.15) is 27.9 Å². The van der Waals surface area contributed by atoms with Gasteiger partial charge in [0, 0.05) is 16.5 Å². The fourth-order valence-corrected chi connectivity index (χ4v) is 4.51. The fourth-order valence-electron chi connectivity index (χ4n) is 4.51. The Morgan fingerprint density at radius 3 is 2.58 bits per heavy atom. The number of aryl methyl sites for hydroxylation is 1. The molecule has 1 heterocycles. The molecule has 1 N–H and O–H groups in total. The van der Waals surface area contributed by atoms with Gasteiger partial charge in [0.25, 0.3) is 0 Å². The van der Waals surface area contributed by atoms with Gasteiger partial charge in [-0.3, -0.25) is 0 Å². The Hall–Kier alpha value is -3.73. The van der Waals surface area contributed by atoms with E-state index in [0.717, 1.165) is 35.1 Å². The van der Waals surface area contributed by atoms with Gasteiger partial charge in [-0.15, -0.1) is 0 Å². The van der Waals surface area contributed by atoms with Crippen molar-refractivity contribution >= 4 is 16.9 Å². The number of nitrogens with zero attached hydrogens (tertiary/aromatic N) is 1. The minimum absolute atomic E-state index is 0.137. The third-order valence-corrected chi connectivity index (χ3v) is 5.90. The number of methoxy groups -OCH3 is 1. The number of fused-ring (bicyclic) bond motifs is 4. The van der Waals surface area contributed by atoms with E-state index in [2.05, 4.69) is 6.07 Å². The zero-order valence-electron chi connectivity index (χ0n) is 17.0. The summed E-state index contributed by atoms with van der Waals surface area (Å²) in [6, 6.07) is 18.2. The maximum atomic E-state index is 13.9. The molecule has 4 aromatic rings. The third kappa shape index (κ3) is 3.22. The van der Waals surface area contributed by atoms with Crippen molar-refractivity contribution in [2.75, 3.05) is 7.11 Å². The lowest BCUT2D eigenvalue weighted by molar-refractivity contribution is 0.0698. The monoisotopic (exact) mass is 413 g/mol. The first-order chi connectivity index (χ1) is 15.1. The van der Waals surface area contributed by atoms with E-state index < -0.39 is 11.8 Å². The van der Waals surface area contributed by atoms with E-state index in [4.69, 9.17) is 9.72 Å². The average molecular weight is 413 g/mol. The number of rotatable bonds is 3. The summed E-state index contributed by atoms with van der Waals surface area (Å²) in [7, 11) is 1.63. The molecule has 4 nitrogen and oxygen atoms in total. The Kier molecular flexibility index (Phi) is 4.66. The fraction of sp³-hybridized carbons (Fsp3) is 0.154. The molecule has 0 saturated carbocycles. The lowest BCUT2D eigenvalue weighted by atomic mass is 9.92. The van der Waals surface area contributed by atoms with Gasteiger partial charge in [0.1, 0.15) is 11.6 Å². The molecule has 0 fully saturated rings. The van der Waals surface area contributed by atoms with Crippen LogP contribution in [0.15, 0.2) is 60.7 Å². The Morgan fingerprint density at radius 1 is 1.03 bits per heavy atom. The number of benzene rings is 3. The molecule has 0 bridgehead atoms. The summed E-state index contributed by atoms with van der Waals surface area (Å²) in [5.41, 5.74) is 5.92. The number of halogens is 1. The van der Waals surface area contributed by atoms with Crippen LogP contribution in [0.3, 0.4) is 0 Å². The van der Waals surface area contributed by atoms with E-state index in [0.29, 0.717) is 34.3 Å². The predicted octanol–water partition coefficient (Wildman–Crippen LogP) is 5.90. The number of ether oxygens (including phenoxy) is 1. The number of pyridine rings is 1. The second-order valence-electron chi connectivity index (χ2n) is 7.71. The number of carboxylic acids is 1. The minimum atomic E-state index is -1.06. The Morgan fingerprint density at radius 2 is 1.84 bits per heavy atom. The van der Waals surface area contributed by atoms with E-state index in [9.17, 15) is 14.3 Å². The first-order valence-electron chi connectivity index (χ1n) is 10.2. The molecule has 0 spiro atoms. The van der Waals surface area contributed by atoms with Gasteiger partial charge in [0.15, 0.2) is 0 Å². The molecule has 31 heavy (non-hydrogen) atoms.